The van der Waals surface area contributed by atoms with Gasteiger partial charge in [0.25, 0.3) is 0 Å². The summed E-state index contributed by atoms with van der Waals surface area (Å²) >= 11 is 1.52. The number of likely N-dealkylation sites (N-methyl/N-ethyl adjacent to an activating group) is 1. The lowest BCUT2D eigenvalue weighted by molar-refractivity contribution is -0.161. The van der Waals surface area contributed by atoms with Crippen molar-refractivity contribution in [3.63, 3.8) is 0 Å². The number of piperidine rings is 1. The zero-order valence-electron chi connectivity index (χ0n) is 16.8. The molecule has 1 aliphatic rings. The maximum absolute atomic E-state index is 13.6. The molecule has 2 atom stereocenters. The van der Waals surface area contributed by atoms with Crippen LogP contribution < -0.4 is 10.1 Å². The van der Waals surface area contributed by atoms with Gasteiger partial charge in [-0.2, -0.15) is 0 Å². The van der Waals surface area contributed by atoms with Crippen molar-refractivity contribution in [2.24, 2.45) is 0 Å². The van der Waals surface area contributed by atoms with E-state index in [-0.39, 0.29) is 12.4 Å². The van der Waals surface area contributed by atoms with Crippen LogP contribution in [-0.2, 0) is 0 Å². The van der Waals surface area contributed by atoms with E-state index in [2.05, 4.69) is 5.32 Å². The van der Waals surface area contributed by atoms with Gasteiger partial charge in [-0.05, 0) is 44.2 Å². The third-order valence-electron chi connectivity index (χ3n) is 5.55. The Kier molecular flexibility index (Phi) is 6.29. The molecule has 0 aliphatic carbocycles. The molecule has 0 amide bonds. The lowest BCUT2D eigenvalue weighted by Crippen LogP contribution is -2.61. The first-order valence-corrected chi connectivity index (χ1v) is 10.9. The molecular formula is C22H25F2N3O2S. The van der Waals surface area contributed by atoms with Gasteiger partial charge in [-0.3, -0.25) is 4.90 Å². The number of rotatable bonds is 7. The lowest BCUT2D eigenvalue weighted by atomic mass is 9.99. The van der Waals surface area contributed by atoms with Gasteiger partial charge in [0.2, 0.25) is 0 Å². The topological polar surface area (TPSA) is 57.6 Å². The Balaban J connectivity index is 1.66. The number of benzene rings is 2. The molecule has 8 heteroatoms. The smallest absolute Gasteiger partial charge is 0.175 e. The molecule has 3 aromatic rings. The molecule has 4 rings (SSSR count). The van der Waals surface area contributed by atoms with Gasteiger partial charge in [0.05, 0.1) is 10.2 Å². The minimum atomic E-state index is -1.41. The molecule has 2 N–H and O–H groups in total. The number of nitrogens with one attached hydrogen (secondary N) is 1. The zero-order valence-corrected chi connectivity index (χ0v) is 17.6. The number of thiazole rings is 1. The third kappa shape index (κ3) is 4.18. The van der Waals surface area contributed by atoms with Crippen LogP contribution in [0.5, 0.6) is 5.75 Å². The largest absolute Gasteiger partial charge is 0.489 e. The number of aromatic nitrogens is 1. The third-order valence-corrected chi connectivity index (χ3v) is 6.66. The number of aliphatic hydroxyl groups is 1. The summed E-state index contributed by atoms with van der Waals surface area (Å²) in [6, 6.07) is 10.7. The monoisotopic (exact) mass is 433 g/mol. The highest BCUT2D eigenvalue weighted by molar-refractivity contribution is 7.18. The van der Waals surface area contributed by atoms with Crippen LogP contribution >= 0.6 is 11.3 Å². The van der Waals surface area contributed by atoms with E-state index in [0.717, 1.165) is 59.7 Å². The first kappa shape index (κ1) is 21.1. The highest BCUT2D eigenvalue weighted by atomic mass is 32.1. The molecule has 2 heterocycles. The fraction of sp³-hybridized carbons (Fsp3) is 0.409. The zero-order chi connectivity index (χ0) is 21.1. The molecule has 1 fully saturated rings. The predicted octanol–water partition coefficient (Wildman–Crippen LogP) is 4.09. The Hall–Kier alpha value is -2.13. The second kappa shape index (κ2) is 8.93. The number of hydrogen-bond acceptors (Lipinski definition) is 6. The Morgan fingerprint density at radius 3 is 2.63 bits per heavy atom. The van der Waals surface area contributed by atoms with Crippen molar-refractivity contribution >= 4 is 21.6 Å². The lowest BCUT2D eigenvalue weighted by Gasteiger charge is -2.45. The Labute approximate surface area is 178 Å². The molecule has 0 bridgehead atoms. The number of fused-ring (bicyclic) bond motifs is 1. The molecule has 0 saturated carbocycles. The van der Waals surface area contributed by atoms with Crippen LogP contribution in [0.3, 0.4) is 0 Å². The van der Waals surface area contributed by atoms with Crippen LogP contribution in [0, 0.1) is 11.6 Å². The molecule has 2 aromatic carbocycles. The van der Waals surface area contributed by atoms with E-state index in [0.29, 0.717) is 0 Å². The van der Waals surface area contributed by atoms with E-state index in [4.69, 9.17) is 9.72 Å². The second-order valence-electron chi connectivity index (χ2n) is 7.53. The molecule has 1 aromatic heterocycles. The van der Waals surface area contributed by atoms with Crippen LogP contribution in [0.25, 0.3) is 10.2 Å². The number of likely N-dealkylation sites (tertiary alicyclic amines) is 1. The van der Waals surface area contributed by atoms with E-state index < -0.39 is 23.4 Å². The quantitative estimate of drug-likeness (QED) is 0.588. The Morgan fingerprint density at radius 2 is 1.93 bits per heavy atom. The summed E-state index contributed by atoms with van der Waals surface area (Å²) in [5.41, 5.74) is -0.534. The van der Waals surface area contributed by atoms with Crippen molar-refractivity contribution in [3.05, 3.63) is 59.1 Å². The standard InChI is InChI=1S/C22H25F2N3O2S/c1-25-20(21-26-18-7-3-4-8-19(18)30-21)22(28,27-11-5-2-6-12-27)14-29-15-9-10-16(23)17(24)13-15/h3-4,7-10,13,20,25,28H,2,5-6,11-12,14H2,1H3. The summed E-state index contributed by atoms with van der Waals surface area (Å²) in [4.78, 5) is 6.73. The number of nitrogens with zero attached hydrogens (tertiary/aromatic N) is 2. The predicted molar refractivity (Wildman–Crippen MR) is 114 cm³/mol. The minimum absolute atomic E-state index is 0.112. The molecule has 1 saturated heterocycles. The summed E-state index contributed by atoms with van der Waals surface area (Å²) in [7, 11) is 1.78. The van der Waals surface area contributed by atoms with Crippen molar-refractivity contribution in [3.8, 4) is 5.75 Å². The molecule has 0 radical (unpaired) electrons. The molecule has 30 heavy (non-hydrogen) atoms. The number of para-hydroxylation sites is 1. The van der Waals surface area contributed by atoms with Crippen molar-refractivity contribution in [2.75, 3.05) is 26.7 Å². The van der Waals surface area contributed by atoms with Gasteiger partial charge >= 0.3 is 0 Å². The number of ether oxygens (including phenoxy) is 1. The van der Waals surface area contributed by atoms with E-state index in [1.807, 2.05) is 29.2 Å². The average Bonchev–Trinajstić information content (AvgIpc) is 3.19. The van der Waals surface area contributed by atoms with Crippen molar-refractivity contribution in [1.29, 1.82) is 0 Å². The molecule has 2 unspecified atom stereocenters. The Bertz CT molecular complexity index is 976. The number of halogens is 2. The van der Waals surface area contributed by atoms with E-state index in [9.17, 15) is 13.9 Å². The fourth-order valence-corrected chi connectivity index (χ4v) is 5.12. The van der Waals surface area contributed by atoms with Gasteiger partial charge in [-0.1, -0.05) is 18.6 Å². The van der Waals surface area contributed by atoms with Crippen LogP contribution in [0.1, 0.15) is 30.3 Å². The molecule has 160 valence electrons. The maximum atomic E-state index is 13.6. The highest BCUT2D eigenvalue weighted by Crippen LogP contribution is 2.36. The van der Waals surface area contributed by atoms with Gasteiger partial charge in [-0.15, -0.1) is 11.3 Å². The van der Waals surface area contributed by atoms with Crippen LogP contribution in [0.2, 0.25) is 0 Å². The normalized spacial score (nSPS) is 18.3. The Morgan fingerprint density at radius 1 is 1.17 bits per heavy atom. The molecule has 5 nitrogen and oxygen atoms in total. The summed E-state index contributed by atoms with van der Waals surface area (Å²) < 4.78 is 33.7. The first-order chi connectivity index (χ1) is 14.5. The first-order valence-electron chi connectivity index (χ1n) is 10.1. The summed E-state index contributed by atoms with van der Waals surface area (Å²) in [6.45, 7) is 1.33. The molecular weight excluding hydrogens is 408 g/mol. The minimum Gasteiger partial charge on any atom is -0.489 e. The average molecular weight is 434 g/mol. The van der Waals surface area contributed by atoms with Gasteiger partial charge < -0.3 is 15.2 Å². The van der Waals surface area contributed by atoms with E-state index in [1.54, 1.807) is 7.05 Å². The van der Waals surface area contributed by atoms with Gasteiger partial charge in [-0.25, -0.2) is 13.8 Å². The van der Waals surface area contributed by atoms with Gasteiger partial charge in [0, 0.05) is 19.2 Å². The number of hydrogen-bond donors (Lipinski definition) is 2. The van der Waals surface area contributed by atoms with Crippen molar-refractivity contribution < 1.29 is 18.6 Å². The molecule has 0 spiro atoms. The van der Waals surface area contributed by atoms with E-state index >= 15 is 0 Å². The maximum Gasteiger partial charge on any atom is 0.175 e. The van der Waals surface area contributed by atoms with Crippen molar-refractivity contribution in [1.82, 2.24) is 15.2 Å². The molecule has 1 aliphatic heterocycles. The highest BCUT2D eigenvalue weighted by Gasteiger charge is 2.45. The summed E-state index contributed by atoms with van der Waals surface area (Å²) in [5, 5.41) is 15.9. The second-order valence-corrected chi connectivity index (χ2v) is 8.59. The SMILES string of the molecule is CNC(c1nc2ccccc2s1)C(O)(COc1ccc(F)c(F)c1)N1CCCCC1. The van der Waals surface area contributed by atoms with Crippen LogP contribution in [0.4, 0.5) is 8.78 Å². The van der Waals surface area contributed by atoms with E-state index in [1.165, 1.54) is 17.4 Å². The van der Waals surface area contributed by atoms with Gasteiger partial charge in [0.1, 0.15) is 23.4 Å². The summed E-state index contributed by atoms with van der Waals surface area (Å²) in [6.07, 6.45) is 3.06. The van der Waals surface area contributed by atoms with Crippen LogP contribution in [-0.4, -0.2) is 47.5 Å². The fourth-order valence-electron chi connectivity index (χ4n) is 3.96. The van der Waals surface area contributed by atoms with Crippen LogP contribution in [0.15, 0.2) is 42.5 Å². The van der Waals surface area contributed by atoms with Crippen molar-refractivity contribution in [2.45, 2.75) is 31.0 Å². The summed E-state index contributed by atoms with van der Waals surface area (Å²) in [5.74, 6) is -1.75. The van der Waals surface area contributed by atoms with Gasteiger partial charge in [0.15, 0.2) is 17.4 Å².